The lowest BCUT2D eigenvalue weighted by molar-refractivity contribution is 0.556. The molecule has 0 spiro atoms. The first kappa shape index (κ1) is 15.1. The molecule has 0 unspecified atom stereocenters. The number of nitrogens with zero attached hydrogens (tertiary/aromatic N) is 2. The number of hydrogen-bond acceptors (Lipinski definition) is 3. The molecule has 108 valence electrons. The smallest absolute Gasteiger partial charge is 0.243 e. The number of hydrogen-bond donors (Lipinski definition) is 1. The summed E-state index contributed by atoms with van der Waals surface area (Å²) in [4.78, 5) is -0.355. The minimum Gasteiger partial charge on any atom is -0.276 e. The van der Waals surface area contributed by atoms with Gasteiger partial charge in [-0.05, 0) is 30.2 Å². The van der Waals surface area contributed by atoms with E-state index in [2.05, 4.69) is 25.8 Å². The summed E-state index contributed by atoms with van der Waals surface area (Å²) in [6.07, 6.45) is 3.95. The second-order valence-corrected chi connectivity index (χ2v) is 6.90. The Balaban J connectivity index is 2.04. The second kappa shape index (κ2) is 6.02. The van der Waals surface area contributed by atoms with Crippen molar-refractivity contribution < 1.29 is 12.8 Å². The third-order valence-corrected chi connectivity index (χ3v) is 4.64. The fraction of sp³-hybridized carbons (Fsp3) is 0.250. The van der Waals surface area contributed by atoms with E-state index in [1.807, 2.05) is 0 Å². The third kappa shape index (κ3) is 3.65. The molecule has 0 radical (unpaired) electrons. The van der Waals surface area contributed by atoms with E-state index in [9.17, 15) is 12.8 Å². The first-order chi connectivity index (χ1) is 9.38. The number of sulfonamides is 1. The highest BCUT2D eigenvalue weighted by atomic mass is 79.9. The molecule has 0 aliphatic carbocycles. The Kier molecular flexibility index (Phi) is 4.56. The zero-order valence-electron chi connectivity index (χ0n) is 10.7. The van der Waals surface area contributed by atoms with Crippen molar-refractivity contribution in [2.45, 2.75) is 11.3 Å². The van der Waals surface area contributed by atoms with E-state index in [1.165, 1.54) is 12.1 Å². The average Bonchev–Trinajstić information content (AvgIpc) is 2.74. The van der Waals surface area contributed by atoms with Gasteiger partial charge in [0, 0.05) is 24.3 Å². The van der Waals surface area contributed by atoms with Gasteiger partial charge in [-0.2, -0.15) is 5.10 Å². The van der Waals surface area contributed by atoms with Crippen LogP contribution in [0.1, 0.15) is 5.56 Å². The highest BCUT2D eigenvalue weighted by molar-refractivity contribution is 9.10. The van der Waals surface area contributed by atoms with Gasteiger partial charge in [-0.1, -0.05) is 15.9 Å². The predicted molar refractivity (Wildman–Crippen MR) is 76.2 cm³/mol. The molecule has 0 saturated heterocycles. The van der Waals surface area contributed by atoms with Crippen LogP contribution in [0.2, 0.25) is 0 Å². The quantitative estimate of drug-likeness (QED) is 0.883. The molecular weight excluding hydrogens is 349 g/mol. The van der Waals surface area contributed by atoms with Crippen molar-refractivity contribution in [2.75, 3.05) is 6.54 Å². The van der Waals surface area contributed by atoms with Gasteiger partial charge in [-0.25, -0.2) is 17.5 Å². The van der Waals surface area contributed by atoms with Crippen LogP contribution < -0.4 is 4.72 Å². The third-order valence-electron chi connectivity index (χ3n) is 2.65. The molecule has 0 aliphatic rings. The number of rotatable bonds is 5. The summed E-state index contributed by atoms with van der Waals surface area (Å²) >= 11 is 3.08. The first-order valence-corrected chi connectivity index (χ1v) is 8.08. The van der Waals surface area contributed by atoms with Crippen molar-refractivity contribution in [3.05, 3.63) is 46.4 Å². The number of aromatic nitrogens is 2. The van der Waals surface area contributed by atoms with Crippen LogP contribution in [0.5, 0.6) is 0 Å². The minimum atomic E-state index is -3.84. The summed E-state index contributed by atoms with van der Waals surface area (Å²) in [6, 6.07) is 3.83. The van der Waals surface area contributed by atoms with E-state index >= 15 is 0 Å². The Hall–Kier alpha value is -1.25. The zero-order valence-corrected chi connectivity index (χ0v) is 13.1. The molecular formula is C12H13BrFN3O2S. The summed E-state index contributed by atoms with van der Waals surface area (Å²) in [5.74, 6) is -0.784. The fourth-order valence-electron chi connectivity index (χ4n) is 1.70. The molecule has 0 atom stereocenters. The Morgan fingerprint density at radius 3 is 2.80 bits per heavy atom. The molecule has 2 aromatic rings. The van der Waals surface area contributed by atoms with Crippen LogP contribution in [0.15, 0.2) is 40.0 Å². The van der Waals surface area contributed by atoms with Gasteiger partial charge in [0.05, 0.1) is 6.20 Å². The summed E-state index contributed by atoms with van der Waals surface area (Å²) in [5, 5.41) is 3.99. The van der Waals surface area contributed by atoms with Gasteiger partial charge in [0.25, 0.3) is 0 Å². The molecule has 0 amide bonds. The van der Waals surface area contributed by atoms with Crippen molar-refractivity contribution in [2.24, 2.45) is 7.05 Å². The van der Waals surface area contributed by atoms with Gasteiger partial charge in [-0.15, -0.1) is 0 Å². The summed E-state index contributed by atoms with van der Waals surface area (Å²) in [6.45, 7) is 0.184. The first-order valence-electron chi connectivity index (χ1n) is 5.81. The highest BCUT2D eigenvalue weighted by Gasteiger charge is 2.18. The maximum absolute atomic E-state index is 13.6. The molecule has 0 bridgehead atoms. The highest BCUT2D eigenvalue weighted by Crippen LogP contribution is 2.19. The number of aryl methyl sites for hydroxylation is 1. The van der Waals surface area contributed by atoms with Crippen LogP contribution in [0.3, 0.4) is 0 Å². The van der Waals surface area contributed by atoms with E-state index in [-0.39, 0.29) is 11.4 Å². The van der Waals surface area contributed by atoms with Crippen LogP contribution in [-0.4, -0.2) is 24.7 Å². The molecule has 1 N–H and O–H groups in total. The molecule has 20 heavy (non-hydrogen) atoms. The minimum absolute atomic E-state index is 0.184. The molecule has 8 heteroatoms. The summed E-state index contributed by atoms with van der Waals surface area (Å²) < 4.78 is 42.1. The van der Waals surface area contributed by atoms with Crippen molar-refractivity contribution in [1.29, 1.82) is 0 Å². The van der Waals surface area contributed by atoms with E-state index in [0.29, 0.717) is 10.9 Å². The van der Waals surface area contributed by atoms with Crippen molar-refractivity contribution in [1.82, 2.24) is 14.5 Å². The van der Waals surface area contributed by atoms with E-state index in [1.54, 1.807) is 24.1 Å². The van der Waals surface area contributed by atoms with E-state index < -0.39 is 15.8 Å². The van der Waals surface area contributed by atoms with Crippen LogP contribution in [0, 0.1) is 5.82 Å². The van der Waals surface area contributed by atoms with Crippen molar-refractivity contribution in [3.63, 3.8) is 0 Å². The van der Waals surface area contributed by atoms with E-state index in [0.717, 1.165) is 11.6 Å². The van der Waals surface area contributed by atoms with Crippen LogP contribution in [-0.2, 0) is 23.5 Å². The molecule has 1 aromatic heterocycles. The fourth-order valence-corrected chi connectivity index (χ4v) is 3.12. The average molecular weight is 362 g/mol. The lowest BCUT2D eigenvalue weighted by Gasteiger charge is -2.07. The SMILES string of the molecule is Cn1cc(CCNS(=O)(=O)c2ccc(Br)cc2F)cn1. The Labute approximate surface area is 125 Å². The second-order valence-electron chi connectivity index (χ2n) is 4.24. The molecule has 5 nitrogen and oxygen atoms in total. The summed E-state index contributed by atoms with van der Waals surface area (Å²) in [7, 11) is -2.06. The molecule has 0 saturated carbocycles. The van der Waals surface area contributed by atoms with Crippen LogP contribution in [0.4, 0.5) is 4.39 Å². The Morgan fingerprint density at radius 2 is 2.20 bits per heavy atom. The number of halogens is 2. The topological polar surface area (TPSA) is 64.0 Å². The lowest BCUT2D eigenvalue weighted by Crippen LogP contribution is -2.26. The number of nitrogens with one attached hydrogen (secondary N) is 1. The van der Waals surface area contributed by atoms with Gasteiger partial charge >= 0.3 is 0 Å². The van der Waals surface area contributed by atoms with Crippen LogP contribution >= 0.6 is 15.9 Å². The molecule has 2 rings (SSSR count). The van der Waals surface area contributed by atoms with Gasteiger partial charge in [0.1, 0.15) is 10.7 Å². The predicted octanol–water partition coefficient (Wildman–Crippen LogP) is 1.84. The maximum atomic E-state index is 13.6. The molecule has 1 heterocycles. The standard InChI is InChI=1S/C12H13BrFN3O2S/c1-17-8-9(7-15-17)4-5-16-20(18,19)12-3-2-10(13)6-11(12)14/h2-3,6-8,16H,4-5H2,1H3. The van der Waals surface area contributed by atoms with E-state index in [4.69, 9.17) is 0 Å². The molecule has 0 fully saturated rings. The molecule has 1 aromatic carbocycles. The Morgan fingerprint density at radius 1 is 1.45 bits per heavy atom. The monoisotopic (exact) mass is 361 g/mol. The lowest BCUT2D eigenvalue weighted by atomic mass is 10.3. The zero-order chi connectivity index (χ0) is 14.8. The van der Waals surface area contributed by atoms with Gasteiger partial charge in [0.2, 0.25) is 10.0 Å². The van der Waals surface area contributed by atoms with Gasteiger partial charge < -0.3 is 0 Å². The van der Waals surface area contributed by atoms with Crippen molar-refractivity contribution in [3.8, 4) is 0 Å². The Bertz CT molecular complexity index is 715. The van der Waals surface area contributed by atoms with Crippen LogP contribution in [0.25, 0.3) is 0 Å². The van der Waals surface area contributed by atoms with Gasteiger partial charge in [-0.3, -0.25) is 4.68 Å². The number of benzene rings is 1. The van der Waals surface area contributed by atoms with Crippen molar-refractivity contribution >= 4 is 26.0 Å². The van der Waals surface area contributed by atoms with Gasteiger partial charge in [0.15, 0.2) is 0 Å². The normalized spacial score (nSPS) is 11.8. The maximum Gasteiger partial charge on any atom is 0.243 e. The largest absolute Gasteiger partial charge is 0.276 e. The molecule has 0 aliphatic heterocycles. The summed E-state index contributed by atoms with van der Waals surface area (Å²) in [5.41, 5.74) is 0.909.